The Bertz CT molecular complexity index is 529. The fourth-order valence-electron chi connectivity index (χ4n) is 2.79. The van der Waals surface area contributed by atoms with Crippen molar-refractivity contribution < 1.29 is 9.53 Å². The van der Waals surface area contributed by atoms with Crippen LogP contribution in [-0.4, -0.2) is 13.1 Å². The fraction of sp³-hybridized carbons (Fsp3) is 0.522. The molecule has 1 aromatic carbocycles. The van der Waals surface area contributed by atoms with Gasteiger partial charge in [0.15, 0.2) is 0 Å². The molecule has 0 aliphatic heterocycles. The summed E-state index contributed by atoms with van der Waals surface area (Å²) in [5.74, 6) is -0.327. The molecule has 0 saturated heterocycles. The molecule has 0 saturated carbocycles. The number of carbonyl (C=O) groups is 1. The van der Waals surface area contributed by atoms with E-state index in [4.69, 9.17) is 0 Å². The van der Waals surface area contributed by atoms with Crippen LogP contribution in [0.1, 0.15) is 82.3 Å². The summed E-state index contributed by atoms with van der Waals surface area (Å²) in [7, 11) is 1.39. The highest BCUT2D eigenvalue weighted by Crippen LogP contribution is 2.12. The monoisotopic (exact) mass is 342 g/mol. The maximum Gasteiger partial charge on any atom is 0.330 e. The average molecular weight is 343 g/mol. The van der Waals surface area contributed by atoms with Crippen molar-refractivity contribution in [2.24, 2.45) is 0 Å². The van der Waals surface area contributed by atoms with E-state index < -0.39 is 0 Å². The number of carbonyl (C=O) groups excluding carboxylic acids is 1. The summed E-state index contributed by atoms with van der Waals surface area (Å²) in [6.07, 6.45) is 21.1. The third-order valence-electron chi connectivity index (χ3n) is 4.31. The van der Waals surface area contributed by atoms with Crippen LogP contribution >= 0.6 is 0 Å². The highest BCUT2D eigenvalue weighted by molar-refractivity contribution is 5.87. The van der Waals surface area contributed by atoms with Crippen LogP contribution < -0.4 is 0 Å². The lowest BCUT2D eigenvalue weighted by Crippen LogP contribution is -1.93. The first-order chi connectivity index (χ1) is 12.3. The van der Waals surface area contributed by atoms with E-state index in [1.54, 1.807) is 6.08 Å². The maximum absolute atomic E-state index is 11.1. The molecule has 0 unspecified atom stereocenters. The SMILES string of the molecule is CCCCCCCCCCCC=Cc1cccc(C=CC(=O)OC)c1. The van der Waals surface area contributed by atoms with E-state index in [0.29, 0.717) is 0 Å². The summed E-state index contributed by atoms with van der Waals surface area (Å²) in [4.78, 5) is 11.1. The van der Waals surface area contributed by atoms with Crippen LogP contribution in [0.15, 0.2) is 36.4 Å². The van der Waals surface area contributed by atoms with E-state index in [1.807, 2.05) is 12.1 Å². The van der Waals surface area contributed by atoms with Crippen LogP contribution in [0.25, 0.3) is 12.2 Å². The fourth-order valence-corrected chi connectivity index (χ4v) is 2.79. The van der Waals surface area contributed by atoms with Crippen LogP contribution in [0.4, 0.5) is 0 Å². The topological polar surface area (TPSA) is 26.3 Å². The summed E-state index contributed by atoms with van der Waals surface area (Å²) < 4.78 is 4.61. The van der Waals surface area contributed by atoms with Gasteiger partial charge in [0, 0.05) is 6.08 Å². The van der Waals surface area contributed by atoms with Gasteiger partial charge in [-0.2, -0.15) is 0 Å². The van der Waals surface area contributed by atoms with Gasteiger partial charge in [-0.1, -0.05) is 88.6 Å². The van der Waals surface area contributed by atoms with E-state index >= 15 is 0 Å². The zero-order valence-corrected chi connectivity index (χ0v) is 16.0. The molecule has 0 bridgehead atoms. The number of rotatable bonds is 13. The second kappa shape index (κ2) is 14.5. The quantitative estimate of drug-likeness (QED) is 0.224. The second-order valence-corrected chi connectivity index (χ2v) is 6.55. The highest BCUT2D eigenvalue weighted by atomic mass is 16.5. The number of methoxy groups -OCH3 is 1. The Kier molecular flexibility index (Phi) is 12.3. The van der Waals surface area contributed by atoms with Gasteiger partial charge >= 0.3 is 5.97 Å². The third-order valence-corrected chi connectivity index (χ3v) is 4.31. The first kappa shape index (κ1) is 21.2. The number of hydrogen-bond donors (Lipinski definition) is 0. The second-order valence-electron chi connectivity index (χ2n) is 6.55. The molecule has 0 amide bonds. The Labute approximate surface area is 154 Å². The largest absolute Gasteiger partial charge is 0.466 e. The summed E-state index contributed by atoms with van der Waals surface area (Å²) in [5, 5.41) is 0. The molecule has 0 fully saturated rings. The van der Waals surface area contributed by atoms with E-state index in [1.165, 1.54) is 76.5 Å². The molecule has 0 spiro atoms. The third kappa shape index (κ3) is 11.4. The van der Waals surface area contributed by atoms with Gasteiger partial charge in [0.05, 0.1) is 7.11 Å². The van der Waals surface area contributed by atoms with Crippen molar-refractivity contribution in [1.29, 1.82) is 0 Å². The predicted octanol–water partition coefficient (Wildman–Crippen LogP) is 6.81. The number of ether oxygens (including phenoxy) is 1. The smallest absolute Gasteiger partial charge is 0.330 e. The Hall–Kier alpha value is -1.83. The lowest BCUT2D eigenvalue weighted by atomic mass is 10.1. The maximum atomic E-state index is 11.1. The van der Waals surface area contributed by atoms with E-state index in [-0.39, 0.29) is 5.97 Å². The first-order valence-corrected chi connectivity index (χ1v) is 9.79. The molecule has 0 atom stereocenters. The van der Waals surface area contributed by atoms with Crippen molar-refractivity contribution in [3.05, 3.63) is 47.5 Å². The Morgan fingerprint density at radius 3 is 2.16 bits per heavy atom. The van der Waals surface area contributed by atoms with Crippen molar-refractivity contribution >= 4 is 18.1 Å². The minimum Gasteiger partial charge on any atom is -0.466 e. The van der Waals surface area contributed by atoms with Crippen LogP contribution in [0.5, 0.6) is 0 Å². The molecule has 0 aromatic heterocycles. The van der Waals surface area contributed by atoms with E-state index in [0.717, 1.165) is 12.0 Å². The predicted molar refractivity (Wildman–Crippen MR) is 108 cm³/mol. The first-order valence-electron chi connectivity index (χ1n) is 9.79. The van der Waals surface area contributed by atoms with Gasteiger partial charge in [-0.25, -0.2) is 4.79 Å². The Morgan fingerprint density at radius 2 is 1.52 bits per heavy atom. The minimum atomic E-state index is -0.327. The highest BCUT2D eigenvalue weighted by Gasteiger charge is 1.94. The molecule has 1 aromatic rings. The number of hydrogen-bond acceptors (Lipinski definition) is 2. The molecule has 25 heavy (non-hydrogen) atoms. The summed E-state index contributed by atoms with van der Waals surface area (Å²) in [5.41, 5.74) is 2.18. The minimum absolute atomic E-state index is 0.327. The molecule has 0 radical (unpaired) electrons. The standard InChI is InChI=1S/C23H34O2/c1-3-4-5-6-7-8-9-10-11-12-13-15-21-16-14-17-22(20-21)18-19-23(24)25-2/h13-20H,3-12H2,1-2H3. The van der Waals surface area contributed by atoms with Gasteiger partial charge in [-0.15, -0.1) is 0 Å². The summed E-state index contributed by atoms with van der Waals surface area (Å²) >= 11 is 0. The average Bonchev–Trinajstić information content (AvgIpc) is 2.64. The lowest BCUT2D eigenvalue weighted by Gasteiger charge is -2.01. The molecular weight excluding hydrogens is 308 g/mol. The number of esters is 1. The van der Waals surface area contributed by atoms with Crippen molar-refractivity contribution in [2.45, 2.75) is 71.1 Å². The molecule has 0 aliphatic rings. The molecule has 0 N–H and O–H groups in total. The molecule has 2 heteroatoms. The van der Waals surface area contributed by atoms with Gasteiger partial charge in [-0.3, -0.25) is 0 Å². The summed E-state index contributed by atoms with van der Waals surface area (Å²) in [6, 6.07) is 8.15. The zero-order valence-electron chi connectivity index (χ0n) is 16.0. The molecule has 138 valence electrons. The van der Waals surface area contributed by atoms with Gasteiger partial charge in [-0.05, 0) is 36.1 Å². The van der Waals surface area contributed by atoms with Gasteiger partial charge in [0.25, 0.3) is 0 Å². The molecule has 0 heterocycles. The van der Waals surface area contributed by atoms with Gasteiger partial charge in [0.1, 0.15) is 0 Å². The van der Waals surface area contributed by atoms with E-state index in [2.05, 4.69) is 35.9 Å². The Balaban J connectivity index is 2.17. The van der Waals surface area contributed by atoms with Crippen LogP contribution in [-0.2, 0) is 9.53 Å². The van der Waals surface area contributed by atoms with Gasteiger partial charge in [0.2, 0.25) is 0 Å². The van der Waals surface area contributed by atoms with Crippen molar-refractivity contribution in [2.75, 3.05) is 7.11 Å². The van der Waals surface area contributed by atoms with Crippen LogP contribution in [0, 0.1) is 0 Å². The summed E-state index contributed by atoms with van der Waals surface area (Å²) in [6.45, 7) is 2.27. The van der Waals surface area contributed by atoms with Gasteiger partial charge < -0.3 is 4.74 Å². The number of allylic oxidation sites excluding steroid dienone is 1. The van der Waals surface area contributed by atoms with Crippen LogP contribution in [0.2, 0.25) is 0 Å². The molecular formula is C23H34O2. The molecule has 1 rings (SSSR count). The number of unbranched alkanes of at least 4 members (excludes halogenated alkanes) is 9. The van der Waals surface area contributed by atoms with Crippen molar-refractivity contribution in [3.63, 3.8) is 0 Å². The van der Waals surface area contributed by atoms with E-state index in [9.17, 15) is 4.79 Å². The molecule has 0 aliphatic carbocycles. The molecule has 2 nitrogen and oxygen atoms in total. The lowest BCUT2D eigenvalue weighted by molar-refractivity contribution is -0.134. The van der Waals surface area contributed by atoms with Crippen molar-refractivity contribution in [1.82, 2.24) is 0 Å². The Morgan fingerprint density at radius 1 is 0.920 bits per heavy atom. The van der Waals surface area contributed by atoms with Crippen molar-refractivity contribution in [3.8, 4) is 0 Å². The zero-order chi connectivity index (χ0) is 18.2. The number of benzene rings is 1. The van der Waals surface area contributed by atoms with Crippen LogP contribution in [0.3, 0.4) is 0 Å². The normalized spacial score (nSPS) is 11.4.